The van der Waals surface area contributed by atoms with Crippen LogP contribution in [-0.4, -0.2) is 82.5 Å². The number of carbonyl (C=O) groups excluding carboxylic acids is 2. The van der Waals surface area contributed by atoms with E-state index >= 15 is 0 Å². The number of nitrogens with one attached hydrogen (secondary N) is 2. The summed E-state index contributed by atoms with van der Waals surface area (Å²) in [4.78, 5) is 29.5. The topological polar surface area (TPSA) is 104 Å². The Labute approximate surface area is 236 Å². The lowest BCUT2D eigenvalue weighted by Gasteiger charge is -2.29. The first-order valence-corrected chi connectivity index (χ1v) is 13.9. The minimum absolute atomic E-state index is 0.00186. The molecule has 1 aliphatic heterocycles. The maximum Gasteiger partial charge on any atom is 0.417 e. The minimum Gasteiger partial charge on any atom is -0.379 e. The van der Waals surface area contributed by atoms with Gasteiger partial charge in [0.2, 0.25) is 5.91 Å². The molecule has 1 aromatic heterocycles. The molecule has 2 aliphatic rings. The second-order valence-electron chi connectivity index (χ2n) is 10.2. The average Bonchev–Trinajstić information content (AvgIpc) is 3.62. The van der Waals surface area contributed by atoms with E-state index in [1.165, 1.54) is 25.2 Å². The Hall–Kier alpha value is -2.90. The monoisotopic (exact) mass is 580 g/mol. The van der Waals surface area contributed by atoms with Gasteiger partial charge < -0.3 is 10.1 Å². The number of rotatable bonds is 9. The summed E-state index contributed by atoms with van der Waals surface area (Å²) in [5.41, 5.74) is -0.569. The van der Waals surface area contributed by atoms with E-state index in [2.05, 4.69) is 27.9 Å². The molecule has 0 spiro atoms. The first kappa shape index (κ1) is 30.1. The summed E-state index contributed by atoms with van der Waals surface area (Å²) in [6.07, 6.45) is -0.773. The maximum atomic E-state index is 13.9. The van der Waals surface area contributed by atoms with Crippen LogP contribution in [0.4, 0.5) is 13.2 Å². The zero-order chi connectivity index (χ0) is 28.9. The van der Waals surface area contributed by atoms with E-state index in [0.717, 1.165) is 49.7 Å². The van der Waals surface area contributed by atoms with Gasteiger partial charge >= 0.3 is 6.18 Å². The van der Waals surface area contributed by atoms with E-state index in [0.29, 0.717) is 26.2 Å². The van der Waals surface area contributed by atoms with Crippen LogP contribution in [0.3, 0.4) is 0 Å². The number of amides is 2. The molecular weight excluding hydrogens is 545 g/mol. The largest absolute Gasteiger partial charge is 0.417 e. The van der Waals surface area contributed by atoms with Crippen molar-refractivity contribution >= 4 is 29.6 Å². The van der Waals surface area contributed by atoms with Gasteiger partial charge in [-0.1, -0.05) is 31.0 Å². The smallest absolute Gasteiger partial charge is 0.379 e. The lowest BCUT2D eigenvalue weighted by molar-refractivity contribution is -0.137. The Balaban J connectivity index is 1.60. The van der Waals surface area contributed by atoms with Crippen molar-refractivity contribution in [2.75, 3.05) is 39.9 Å². The number of benzene rings is 1. The van der Waals surface area contributed by atoms with Gasteiger partial charge in [0.1, 0.15) is 0 Å². The van der Waals surface area contributed by atoms with Gasteiger partial charge in [-0.2, -0.15) is 18.3 Å². The summed E-state index contributed by atoms with van der Waals surface area (Å²) in [6.45, 7) is 3.31. The van der Waals surface area contributed by atoms with E-state index in [9.17, 15) is 22.8 Å². The first-order valence-electron chi connectivity index (χ1n) is 13.5. The minimum atomic E-state index is -4.57. The molecule has 2 aromatic rings. The number of carbonyl (C=O) groups is 2. The van der Waals surface area contributed by atoms with Crippen molar-refractivity contribution in [1.82, 2.24) is 24.9 Å². The van der Waals surface area contributed by atoms with Gasteiger partial charge in [0, 0.05) is 44.7 Å². The number of hydrogen-bond acceptors (Lipinski definition) is 6. The number of hydrogen-bond donors (Lipinski definition) is 3. The molecule has 2 amide bonds. The van der Waals surface area contributed by atoms with Gasteiger partial charge in [-0.15, -0.1) is 12.6 Å². The lowest BCUT2D eigenvalue weighted by atomic mass is 10.0. The van der Waals surface area contributed by atoms with Crippen molar-refractivity contribution in [3.8, 4) is 11.3 Å². The molecule has 2 heterocycles. The molecule has 0 bridgehead atoms. The molecule has 4 rings (SSSR count). The molecule has 0 radical (unpaired) electrons. The summed E-state index contributed by atoms with van der Waals surface area (Å²) >= 11 is 3.92. The zero-order valence-corrected chi connectivity index (χ0v) is 23.3. The van der Waals surface area contributed by atoms with E-state index in [1.807, 2.05) is 0 Å². The maximum absolute atomic E-state index is 13.9. The van der Waals surface area contributed by atoms with E-state index in [-0.39, 0.29) is 40.5 Å². The number of aromatic nitrogens is 2. The van der Waals surface area contributed by atoms with Gasteiger partial charge in [0.15, 0.2) is 10.9 Å². The predicted molar refractivity (Wildman–Crippen MR) is 147 cm³/mol. The second kappa shape index (κ2) is 13.2. The van der Waals surface area contributed by atoms with Crippen LogP contribution < -0.4 is 5.32 Å². The predicted octanol–water partition coefficient (Wildman–Crippen LogP) is 4.22. The molecule has 9 nitrogen and oxygen atoms in total. The molecule has 2 N–H and O–H groups in total. The second-order valence-corrected chi connectivity index (χ2v) is 10.7. The molecule has 1 atom stereocenters. The van der Waals surface area contributed by atoms with Gasteiger partial charge in [0.25, 0.3) is 5.91 Å². The van der Waals surface area contributed by atoms with Crippen molar-refractivity contribution in [3.05, 3.63) is 41.6 Å². The van der Waals surface area contributed by atoms with Crippen molar-refractivity contribution < 1.29 is 27.5 Å². The Kier molecular flexibility index (Phi) is 9.90. The van der Waals surface area contributed by atoms with Crippen LogP contribution in [0.1, 0.15) is 60.6 Å². The average molecular weight is 581 g/mol. The van der Waals surface area contributed by atoms with Gasteiger partial charge in [-0.25, -0.2) is 0 Å². The number of halogens is 3. The Morgan fingerprint density at radius 2 is 1.90 bits per heavy atom. The normalized spacial score (nSPS) is 17.5. The van der Waals surface area contributed by atoms with Gasteiger partial charge in [-0.05, 0) is 31.4 Å². The van der Waals surface area contributed by atoms with E-state index in [4.69, 9.17) is 10.1 Å². The molecule has 40 heavy (non-hydrogen) atoms. The fourth-order valence-electron chi connectivity index (χ4n) is 5.20. The zero-order valence-electron chi connectivity index (χ0n) is 22.4. The van der Waals surface area contributed by atoms with E-state index in [1.54, 1.807) is 10.7 Å². The Morgan fingerprint density at radius 3 is 2.55 bits per heavy atom. The molecular formula is C27H35F3N6O3S. The lowest BCUT2D eigenvalue weighted by Crippen LogP contribution is -2.44. The highest BCUT2D eigenvalue weighted by Gasteiger charge is 2.35. The SMILES string of the molecule is CN(C(=N)S)C(=O)C[C@H](CCN1CCOCC1)NC(=O)c1cc(-c2ccccc2C(F)(F)F)n(C2CCCC2)n1. The highest BCUT2D eigenvalue weighted by atomic mass is 32.1. The summed E-state index contributed by atoms with van der Waals surface area (Å²) in [5.74, 6) is -0.950. The number of thiol groups is 1. The van der Waals surface area contributed by atoms with Crippen molar-refractivity contribution in [2.24, 2.45) is 0 Å². The Morgan fingerprint density at radius 1 is 1.23 bits per heavy atom. The molecule has 1 saturated heterocycles. The number of amidine groups is 1. The summed E-state index contributed by atoms with van der Waals surface area (Å²) in [7, 11) is 1.44. The number of nitrogens with zero attached hydrogens (tertiary/aromatic N) is 4. The summed E-state index contributed by atoms with van der Waals surface area (Å²) in [5, 5.41) is 14.8. The van der Waals surface area contributed by atoms with Crippen LogP contribution in [0.2, 0.25) is 0 Å². The van der Waals surface area contributed by atoms with Crippen LogP contribution >= 0.6 is 12.6 Å². The third-order valence-corrected chi connectivity index (χ3v) is 7.79. The fourth-order valence-corrected chi connectivity index (χ4v) is 5.31. The first-order chi connectivity index (χ1) is 19.0. The summed E-state index contributed by atoms with van der Waals surface area (Å²) < 4.78 is 48.6. The summed E-state index contributed by atoms with van der Waals surface area (Å²) in [6, 6.07) is 6.04. The van der Waals surface area contributed by atoms with Gasteiger partial charge in [0.05, 0.1) is 30.5 Å². The van der Waals surface area contributed by atoms with E-state index < -0.39 is 23.7 Å². The van der Waals surface area contributed by atoms with Crippen molar-refractivity contribution in [1.29, 1.82) is 5.41 Å². The molecule has 1 saturated carbocycles. The van der Waals surface area contributed by atoms with Crippen LogP contribution in [0.5, 0.6) is 0 Å². The number of ether oxygens (including phenoxy) is 1. The standard InChI is InChI=1S/C27H35F3N6O3S/c1-34(26(31)40)24(37)16-18(10-11-35-12-14-39-15-13-35)32-25(38)22-17-23(36(33-22)19-6-2-3-7-19)20-8-4-5-9-21(20)27(28,29)30/h4-5,8-9,17-19H,2-3,6-7,10-16H2,1H3,(H2,31,40)(H,32,38)/t18-/m0/s1. The molecule has 1 aromatic carbocycles. The van der Waals surface area contributed by atoms with Crippen LogP contribution in [0.25, 0.3) is 11.3 Å². The Bertz CT molecular complexity index is 1210. The van der Waals surface area contributed by atoms with Gasteiger partial charge in [-0.3, -0.25) is 29.5 Å². The fraction of sp³-hybridized carbons (Fsp3) is 0.556. The third kappa shape index (κ3) is 7.43. The number of morpholine rings is 1. The number of alkyl halides is 3. The molecule has 218 valence electrons. The third-order valence-electron chi connectivity index (χ3n) is 7.49. The van der Waals surface area contributed by atoms with Crippen LogP contribution in [-0.2, 0) is 15.7 Å². The van der Waals surface area contributed by atoms with Crippen molar-refractivity contribution in [3.63, 3.8) is 0 Å². The molecule has 2 fully saturated rings. The van der Waals surface area contributed by atoms with Crippen LogP contribution in [0, 0.1) is 5.41 Å². The quantitative estimate of drug-likeness (QED) is 0.234. The van der Waals surface area contributed by atoms with Crippen molar-refractivity contribution in [2.45, 2.75) is 56.8 Å². The highest BCUT2D eigenvalue weighted by Crippen LogP contribution is 2.40. The molecule has 0 unspecified atom stereocenters. The van der Waals surface area contributed by atoms with Crippen LogP contribution in [0.15, 0.2) is 30.3 Å². The molecule has 13 heteroatoms. The molecule has 1 aliphatic carbocycles. The highest BCUT2D eigenvalue weighted by molar-refractivity contribution is 7.96.